The molecule has 1 aliphatic carbocycles. The molecule has 0 spiro atoms. The van der Waals surface area contributed by atoms with E-state index >= 15 is 0 Å². The van der Waals surface area contributed by atoms with Crippen LogP contribution in [0.2, 0.25) is 0 Å². The van der Waals surface area contributed by atoms with Gasteiger partial charge in [0.1, 0.15) is 5.82 Å². The van der Waals surface area contributed by atoms with Crippen LogP contribution in [0, 0.1) is 12.5 Å². The second kappa shape index (κ2) is 6.74. The van der Waals surface area contributed by atoms with Crippen LogP contribution in [0.5, 0.6) is 0 Å². The lowest BCUT2D eigenvalue weighted by Crippen LogP contribution is -2.42. The van der Waals surface area contributed by atoms with Crippen molar-refractivity contribution in [3.05, 3.63) is 65.4 Å². The van der Waals surface area contributed by atoms with E-state index in [0.717, 1.165) is 11.3 Å². The first-order valence-electron chi connectivity index (χ1n) is 10.1. The first-order chi connectivity index (χ1) is 14.4. The van der Waals surface area contributed by atoms with E-state index in [1.165, 1.54) is 0 Å². The van der Waals surface area contributed by atoms with Crippen LogP contribution in [0.4, 0.5) is 20.2 Å². The van der Waals surface area contributed by atoms with Crippen LogP contribution in [-0.2, 0) is 12.0 Å². The second-order valence-corrected chi connectivity index (χ2v) is 8.22. The second-order valence-electron chi connectivity index (χ2n) is 8.22. The number of aliphatic hydroxyl groups is 1. The third-order valence-corrected chi connectivity index (χ3v) is 6.34. The van der Waals surface area contributed by atoms with Gasteiger partial charge in [0.15, 0.2) is 5.65 Å². The summed E-state index contributed by atoms with van der Waals surface area (Å²) < 4.78 is 28.2. The summed E-state index contributed by atoms with van der Waals surface area (Å²) in [5.41, 5.74) is 1.53. The number of pyridine rings is 1. The number of aromatic nitrogens is 3. The number of anilines is 1. The highest BCUT2D eigenvalue weighted by atomic mass is 19.3. The molecule has 1 atom stereocenters. The van der Waals surface area contributed by atoms with Crippen molar-refractivity contribution in [2.45, 2.75) is 37.2 Å². The fraction of sp³-hybridized carbons (Fsp3) is 0.409. The quantitative estimate of drug-likeness (QED) is 0.663. The predicted octanol–water partition coefficient (Wildman–Crippen LogP) is 3.97. The molecule has 6 nitrogen and oxygen atoms in total. The molecular weight excluding hydrogens is 388 g/mol. The molecule has 2 aliphatic rings. The molecule has 0 radical (unpaired) electrons. The maximum atomic E-state index is 13.3. The molecule has 8 heteroatoms. The van der Waals surface area contributed by atoms with E-state index < -0.39 is 17.4 Å². The summed E-state index contributed by atoms with van der Waals surface area (Å²) in [7, 11) is 0. The van der Waals surface area contributed by atoms with Crippen LogP contribution in [0.25, 0.3) is 10.5 Å². The molecule has 1 saturated carbocycles. The molecule has 1 saturated heterocycles. The molecule has 1 unspecified atom stereocenters. The summed E-state index contributed by atoms with van der Waals surface area (Å²) in [6, 6.07) is 11.5. The summed E-state index contributed by atoms with van der Waals surface area (Å²) in [4.78, 5) is 5.76. The highest BCUT2D eigenvalue weighted by Gasteiger charge is 2.56. The summed E-state index contributed by atoms with van der Waals surface area (Å²) >= 11 is 0. The Morgan fingerprint density at radius 3 is 2.47 bits per heavy atom. The molecule has 0 bridgehead atoms. The number of hydrogen-bond acceptors (Lipinski definition) is 4. The Labute approximate surface area is 172 Å². The zero-order chi connectivity index (χ0) is 20.9. The molecule has 1 aromatic carbocycles. The first kappa shape index (κ1) is 18.9. The Kier molecular flexibility index (Phi) is 4.26. The Hall–Kier alpha value is -3.05. The third kappa shape index (κ3) is 3.10. The predicted molar refractivity (Wildman–Crippen MR) is 108 cm³/mol. The standard InChI is InChI=1S/C22H21F2N5O/c1-25-19-17(28-11-8-21(30,9-12-28)15-5-3-2-4-6-15)7-10-29-18(26-27-20(19)29)13-16-14-22(16,23)24/h2-7,10,16,30H,8-9,11-14H2. The number of benzene rings is 1. The fourth-order valence-electron chi connectivity index (χ4n) is 4.35. The van der Waals surface area contributed by atoms with Gasteiger partial charge in [-0.25, -0.2) is 13.6 Å². The summed E-state index contributed by atoms with van der Waals surface area (Å²) in [6.07, 6.45) is 2.89. The number of nitrogens with zero attached hydrogens (tertiary/aromatic N) is 5. The SMILES string of the molecule is [C-]#[N+]c1c(N2CCC(O)(c3ccccc3)CC2)ccn2c(CC3CC3(F)F)nnc12. The zero-order valence-electron chi connectivity index (χ0n) is 16.3. The summed E-state index contributed by atoms with van der Waals surface area (Å²) in [5.74, 6) is -2.85. The van der Waals surface area contributed by atoms with Gasteiger partial charge in [0.2, 0.25) is 0 Å². The van der Waals surface area contributed by atoms with Gasteiger partial charge in [0.25, 0.3) is 11.6 Å². The smallest absolute Gasteiger partial charge is 0.253 e. The van der Waals surface area contributed by atoms with Gasteiger partial charge in [-0.2, -0.15) is 0 Å². The molecular formula is C22H21F2N5O. The van der Waals surface area contributed by atoms with Gasteiger partial charge in [-0.05, 0) is 24.5 Å². The molecule has 154 valence electrons. The topological polar surface area (TPSA) is 58.0 Å². The van der Waals surface area contributed by atoms with E-state index in [0.29, 0.717) is 43.1 Å². The number of piperidine rings is 1. The first-order valence-corrected chi connectivity index (χ1v) is 10.1. The van der Waals surface area contributed by atoms with Crippen molar-refractivity contribution in [2.24, 2.45) is 5.92 Å². The van der Waals surface area contributed by atoms with E-state index in [1.807, 2.05) is 36.4 Å². The molecule has 30 heavy (non-hydrogen) atoms. The molecule has 3 heterocycles. The highest BCUT2D eigenvalue weighted by molar-refractivity contribution is 5.83. The van der Waals surface area contributed by atoms with E-state index in [-0.39, 0.29) is 12.8 Å². The fourth-order valence-corrected chi connectivity index (χ4v) is 4.35. The Morgan fingerprint density at radius 2 is 1.83 bits per heavy atom. The minimum Gasteiger partial charge on any atom is -0.385 e. The lowest BCUT2D eigenvalue weighted by molar-refractivity contribution is 0.0118. The Morgan fingerprint density at radius 1 is 1.13 bits per heavy atom. The van der Waals surface area contributed by atoms with E-state index in [2.05, 4.69) is 19.9 Å². The van der Waals surface area contributed by atoms with Crippen molar-refractivity contribution in [3.63, 3.8) is 0 Å². The minimum atomic E-state index is -2.61. The van der Waals surface area contributed by atoms with Crippen molar-refractivity contribution in [2.75, 3.05) is 18.0 Å². The van der Waals surface area contributed by atoms with Crippen LogP contribution in [0.1, 0.15) is 30.7 Å². The van der Waals surface area contributed by atoms with Gasteiger partial charge in [-0.1, -0.05) is 30.3 Å². The Balaban J connectivity index is 1.40. The van der Waals surface area contributed by atoms with Gasteiger partial charge in [0.05, 0.1) is 12.2 Å². The van der Waals surface area contributed by atoms with E-state index in [1.54, 1.807) is 10.6 Å². The van der Waals surface area contributed by atoms with Crippen molar-refractivity contribution >= 4 is 17.0 Å². The molecule has 2 fully saturated rings. The number of hydrogen-bond donors (Lipinski definition) is 1. The van der Waals surface area contributed by atoms with Crippen LogP contribution in [0.15, 0.2) is 42.6 Å². The van der Waals surface area contributed by atoms with Gasteiger partial charge in [-0.3, -0.25) is 4.40 Å². The van der Waals surface area contributed by atoms with Crippen LogP contribution in [0.3, 0.4) is 0 Å². The third-order valence-electron chi connectivity index (χ3n) is 6.34. The van der Waals surface area contributed by atoms with Crippen LogP contribution < -0.4 is 4.90 Å². The molecule has 0 amide bonds. The van der Waals surface area contributed by atoms with Gasteiger partial charge in [-0.15, -0.1) is 10.2 Å². The largest absolute Gasteiger partial charge is 0.385 e. The summed E-state index contributed by atoms with van der Waals surface area (Å²) in [6.45, 7) is 8.87. The summed E-state index contributed by atoms with van der Waals surface area (Å²) in [5, 5.41) is 19.3. The number of fused-ring (bicyclic) bond motifs is 1. The normalized spacial score (nSPS) is 22.1. The molecule has 1 N–H and O–H groups in total. The molecule has 1 aliphatic heterocycles. The Bertz CT molecular complexity index is 1130. The molecule has 5 rings (SSSR count). The monoisotopic (exact) mass is 409 g/mol. The van der Waals surface area contributed by atoms with Crippen molar-refractivity contribution in [1.82, 2.24) is 14.6 Å². The van der Waals surface area contributed by atoms with E-state index in [4.69, 9.17) is 6.57 Å². The van der Waals surface area contributed by atoms with Crippen molar-refractivity contribution in [1.29, 1.82) is 0 Å². The van der Waals surface area contributed by atoms with Crippen molar-refractivity contribution < 1.29 is 13.9 Å². The number of halogens is 2. The zero-order valence-corrected chi connectivity index (χ0v) is 16.3. The minimum absolute atomic E-state index is 0.117. The van der Waals surface area contributed by atoms with Crippen LogP contribution >= 0.6 is 0 Å². The lowest BCUT2D eigenvalue weighted by atomic mass is 9.84. The maximum absolute atomic E-state index is 13.3. The van der Waals surface area contributed by atoms with Gasteiger partial charge >= 0.3 is 0 Å². The molecule has 3 aromatic rings. The van der Waals surface area contributed by atoms with Gasteiger partial charge in [0, 0.05) is 43.7 Å². The van der Waals surface area contributed by atoms with Gasteiger partial charge < -0.3 is 10.0 Å². The number of rotatable bonds is 4. The molecule has 2 aromatic heterocycles. The average Bonchev–Trinajstić information content (AvgIpc) is 3.16. The highest BCUT2D eigenvalue weighted by Crippen LogP contribution is 2.50. The average molecular weight is 409 g/mol. The van der Waals surface area contributed by atoms with Crippen LogP contribution in [-0.4, -0.2) is 38.7 Å². The maximum Gasteiger partial charge on any atom is 0.253 e. The number of alkyl halides is 2. The lowest BCUT2D eigenvalue weighted by Gasteiger charge is -2.40. The van der Waals surface area contributed by atoms with Crippen molar-refractivity contribution in [3.8, 4) is 0 Å². The van der Waals surface area contributed by atoms with E-state index in [9.17, 15) is 13.9 Å².